The highest BCUT2D eigenvalue weighted by atomic mass is 19.1. The second kappa shape index (κ2) is 9.34. The van der Waals surface area contributed by atoms with Gasteiger partial charge in [-0.2, -0.15) is 0 Å². The van der Waals surface area contributed by atoms with Gasteiger partial charge >= 0.3 is 0 Å². The highest BCUT2D eigenvalue weighted by molar-refractivity contribution is 5.94. The molecular weight excluding hydrogens is 315 g/mol. The molecule has 1 fully saturated rings. The van der Waals surface area contributed by atoms with Gasteiger partial charge in [0, 0.05) is 31.8 Å². The molecule has 0 aliphatic carbocycles. The summed E-state index contributed by atoms with van der Waals surface area (Å²) in [6.07, 6.45) is 1.38. The lowest BCUT2D eigenvalue weighted by molar-refractivity contribution is -0.137. The first-order valence-electron chi connectivity index (χ1n) is 8.01. The van der Waals surface area contributed by atoms with E-state index < -0.39 is 0 Å². The fraction of sp³-hybridized carbons (Fsp3) is 0.529. The Hall–Kier alpha value is -1.99. The first-order chi connectivity index (χ1) is 11.6. The third-order valence-corrected chi connectivity index (χ3v) is 3.95. The van der Waals surface area contributed by atoms with Crippen molar-refractivity contribution in [2.75, 3.05) is 40.0 Å². The number of nitrogens with one attached hydrogen (secondary N) is 1. The van der Waals surface area contributed by atoms with E-state index in [-0.39, 0.29) is 30.3 Å². The van der Waals surface area contributed by atoms with E-state index in [1.54, 1.807) is 12.0 Å². The van der Waals surface area contributed by atoms with Gasteiger partial charge in [-0.05, 0) is 37.1 Å². The van der Waals surface area contributed by atoms with Crippen LogP contribution in [0.15, 0.2) is 24.3 Å². The minimum Gasteiger partial charge on any atom is -0.382 e. The third-order valence-electron chi connectivity index (χ3n) is 3.95. The van der Waals surface area contributed by atoms with Crippen molar-refractivity contribution in [3.63, 3.8) is 0 Å². The molecule has 0 radical (unpaired) electrons. The smallest absolute Gasteiger partial charge is 0.251 e. The summed E-state index contributed by atoms with van der Waals surface area (Å²) < 4.78 is 23.0. The topological polar surface area (TPSA) is 67.9 Å². The molecule has 1 aliphatic rings. The van der Waals surface area contributed by atoms with Crippen LogP contribution in [0.25, 0.3) is 0 Å². The summed E-state index contributed by atoms with van der Waals surface area (Å²) in [6, 6.07) is 5.46. The Balaban J connectivity index is 1.71. The standard InChI is InChI=1S/C17H23FN2O4/c1-23-10-11-24-12-16(21)20-8-6-15(7-9-20)19-17(22)13-2-4-14(18)5-3-13/h2-5,15H,6-12H2,1H3,(H,19,22). The molecule has 1 N–H and O–H groups in total. The van der Waals surface area contributed by atoms with E-state index >= 15 is 0 Å². The number of carbonyl (C=O) groups excluding carboxylic acids is 2. The number of ether oxygens (including phenoxy) is 2. The van der Waals surface area contributed by atoms with Crippen molar-refractivity contribution in [3.8, 4) is 0 Å². The van der Waals surface area contributed by atoms with Crippen LogP contribution in [0.5, 0.6) is 0 Å². The van der Waals surface area contributed by atoms with Gasteiger partial charge in [-0.1, -0.05) is 0 Å². The number of halogens is 1. The lowest BCUT2D eigenvalue weighted by Crippen LogP contribution is -2.47. The van der Waals surface area contributed by atoms with Crippen LogP contribution < -0.4 is 5.32 Å². The van der Waals surface area contributed by atoms with E-state index in [4.69, 9.17) is 9.47 Å². The Labute approximate surface area is 140 Å². The molecule has 0 bridgehead atoms. The molecule has 24 heavy (non-hydrogen) atoms. The van der Waals surface area contributed by atoms with Gasteiger partial charge < -0.3 is 19.7 Å². The number of rotatable bonds is 7. The highest BCUT2D eigenvalue weighted by Crippen LogP contribution is 2.12. The van der Waals surface area contributed by atoms with Crippen LogP contribution >= 0.6 is 0 Å². The molecule has 1 heterocycles. The van der Waals surface area contributed by atoms with Gasteiger partial charge in [0.25, 0.3) is 5.91 Å². The number of carbonyl (C=O) groups is 2. The Morgan fingerprint density at radius 2 is 1.88 bits per heavy atom. The minimum atomic E-state index is -0.369. The molecule has 1 aromatic carbocycles. The van der Waals surface area contributed by atoms with Crippen LogP contribution in [0, 0.1) is 5.82 Å². The van der Waals surface area contributed by atoms with Gasteiger partial charge in [0.05, 0.1) is 13.2 Å². The highest BCUT2D eigenvalue weighted by Gasteiger charge is 2.24. The second-order valence-corrected chi connectivity index (χ2v) is 5.68. The first-order valence-corrected chi connectivity index (χ1v) is 8.01. The minimum absolute atomic E-state index is 0.0148. The maximum absolute atomic E-state index is 12.9. The molecule has 7 heteroatoms. The van der Waals surface area contributed by atoms with Crippen molar-refractivity contribution in [2.24, 2.45) is 0 Å². The normalized spacial score (nSPS) is 15.3. The van der Waals surface area contributed by atoms with Gasteiger partial charge in [0.1, 0.15) is 12.4 Å². The first kappa shape index (κ1) is 18.4. The number of likely N-dealkylation sites (tertiary alicyclic amines) is 1. The molecule has 2 rings (SSSR count). The summed E-state index contributed by atoms with van der Waals surface area (Å²) in [5, 5.41) is 2.93. The van der Waals surface area contributed by atoms with E-state index in [1.165, 1.54) is 24.3 Å². The van der Waals surface area contributed by atoms with Crippen molar-refractivity contribution in [1.82, 2.24) is 10.2 Å². The molecule has 1 aliphatic heterocycles. The van der Waals surface area contributed by atoms with E-state index in [9.17, 15) is 14.0 Å². The Morgan fingerprint density at radius 1 is 1.21 bits per heavy atom. The fourth-order valence-corrected chi connectivity index (χ4v) is 2.54. The predicted octanol–water partition coefficient (Wildman–Crippen LogP) is 1.21. The summed E-state index contributed by atoms with van der Waals surface area (Å²) in [4.78, 5) is 25.8. The van der Waals surface area contributed by atoms with E-state index in [0.717, 1.165) is 0 Å². The molecule has 0 unspecified atom stereocenters. The zero-order valence-electron chi connectivity index (χ0n) is 13.8. The van der Waals surface area contributed by atoms with Crippen LogP contribution in [-0.2, 0) is 14.3 Å². The van der Waals surface area contributed by atoms with Crippen molar-refractivity contribution in [1.29, 1.82) is 0 Å². The van der Waals surface area contributed by atoms with E-state index in [1.807, 2.05) is 0 Å². The number of hydrogen-bond acceptors (Lipinski definition) is 4. The van der Waals surface area contributed by atoms with Crippen LogP contribution in [0.4, 0.5) is 4.39 Å². The monoisotopic (exact) mass is 338 g/mol. The second-order valence-electron chi connectivity index (χ2n) is 5.68. The zero-order valence-corrected chi connectivity index (χ0v) is 13.8. The summed E-state index contributed by atoms with van der Waals surface area (Å²) in [7, 11) is 1.58. The Morgan fingerprint density at radius 3 is 2.50 bits per heavy atom. The third kappa shape index (κ3) is 5.58. The van der Waals surface area contributed by atoms with Crippen molar-refractivity contribution in [3.05, 3.63) is 35.6 Å². The quantitative estimate of drug-likeness (QED) is 0.759. The van der Waals surface area contributed by atoms with Crippen LogP contribution in [0.1, 0.15) is 23.2 Å². The zero-order chi connectivity index (χ0) is 17.4. The maximum atomic E-state index is 12.9. The van der Waals surface area contributed by atoms with Crippen molar-refractivity contribution in [2.45, 2.75) is 18.9 Å². The average molecular weight is 338 g/mol. The number of nitrogens with zero attached hydrogens (tertiary/aromatic N) is 1. The fourth-order valence-electron chi connectivity index (χ4n) is 2.54. The van der Waals surface area contributed by atoms with Gasteiger partial charge in [-0.15, -0.1) is 0 Å². The Bertz CT molecular complexity index is 542. The van der Waals surface area contributed by atoms with Gasteiger partial charge in [0.2, 0.25) is 5.91 Å². The summed E-state index contributed by atoms with van der Waals surface area (Å²) >= 11 is 0. The van der Waals surface area contributed by atoms with Crippen LogP contribution in [0.2, 0.25) is 0 Å². The van der Waals surface area contributed by atoms with Gasteiger partial charge in [-0.3, -0.25) is 9.59 Å². The van der Waals surface area contributed by atoms with Gasteiger partial charge in [0.15, 0.2) is 0 Å². The van der Waals surface area contributed by atoms with E-state index in [0.29, 0.717) is 44.7 Å². The predicted molar refractivity (Wildman–Crippen MR) is 86.2 cm³/mol. The molecule has 132 valence electrons. The number of methoxy groups -OCH3 is 1. The number of hydrogen-bond donors (Lipinski definition) is 1. The summed E-state index contributed by atoms with van der Waals surface area (Å²) in [5.41, 5.74) is 0.432. The number of amides is 2. The molecule has 2 amide bonds. The lowest BCUT2D eigenvalue weighted by Gasteiger charge is -2.32. The SMILES string of the molecule is COCCOCC(=O)N1CCC(NC(=O)c2ccc(F)cc2)CC1. The molecule has 0 atom stereocenters. The molecule has 0 saturated carbocycles. The van der Waals surface area contributed by atoms with Crippen molar-refractivity contribution >= 4 is 11.8 Å². The van der Waals surface area contributed by atoms with E-state index in [2.05, 4.69) is 5.32 Å². The number of piperidine rings is 1. The molecule has 6 nitrogen and oxygen atoms in total. The molecule has 0 aromatic heterocycles. The lowest BCUT2D eigenvalue weighted by atomic mass is 10.0. The molecule has 1 saturated heterocycles. The largest absolute Gasteiger partial charge is 0.382 e. The number of benzene rings is 1. The Kier molecular flexibility index (Phi) is 7.14. The summed E-state index contributed by atoms with van der Waals surface area (Å²) in [5.74, 6) is -0.636. The van der Waals surface area contributed by atoms with Crippen LogP contribution in [-0.4, -0.2) is 62.8 Å². The average Bonchev–Trinajstić information content (AvgIpc) is 2.59. The summed E-state index contributed by atoms with van der Waals surface area (Å²) in [6.45, 7) is 2.08. The van der Waals surface area contributed by atoms with Crippen LogP contribution in [0.3, 0.4) is 0 Å². The molecule has 1 aromatic rings. The van der Waals surface area contributed by atoms with Gasteiger partial charge in [-0.25, -0.2) is 4.39 Å². The molecule has 0 spiro atoms. The molecular formula is C17H23FN2O4. The van der Waals surface area contributed by atoms with Crippen molar-refractivity contribution < 1.29 is 23.5 Å². The maximum Gasteiger partial charge on any atom is 0.251 e.